The maximum absolute atomic E-state index is 11.8. The predicted molar refractivity (Wildman–Crippen MR) is 106 cm³/mol. The van der Waals surface area contributed by atoms with Crippen LogP contribution in [0, 0.1) is 3.57 Å². The Balaban J connectivity index is 1.78. The molecule has 0 fully saturated rings. The largest absolute Gasteiger partial charge is 0.273 e. The number of carbonyl (C=O) groups excluding carboxylic acids is 1. The summed E-state index contributed by atoms with van der Waals surface area (Å²) in [4.78, 5) is 12.9. The van der Waals surface area contributed by atoms with Gasteiger partial charge in [0, 0.05) is 25.7 Å². The minimum Gasteiger partial charge on any atom is -0.273 e. The van der Waals surface area contributed by atoms with Crippen molar-refractivity contribution in [3.05, 3.63) is 62.7 Å². The van der Waals surface area contributed by atoms with E-state index < -0.39 is 0 Å². The molecule has 120 valence electrons. The molecule has 0 saturated heterocycles. The number of carbonyl (C=O) groups is 1. The number of halogens is 2. The summed E-state index contributed by atoms with van der Waals surface area (Å²) in [5.41, 5.74) is 4.41. The fraction of sp³-hybridized carbons (Fsp3) is 0.176. The van der Waals surface area contributed by atoms with E-state index in [9.17, 15) is 4.79 Å². The molecule has 0 heterocycles. The number of rotatable bonds is 6. The average molecular weight is 459 g/mol. The van der Waals surface area contributed by atoms with Gasteiger partial charge in [0.15, 0.2) is 0 Å². The van der Waals surface area contributed by atoms with E-state index in [0.29, 0.717) is 17.2 Å². The lowest BCUT2D eigenvalue weighted by Crippen LogP contribution is -2.19. The Bertz CT molecular complexity index is 704. The van der Waals surface area contributed by atoms with E-state index in [-0.39, 0.29) is 5.91 Å². The second-order valence-corrected chi connectivity index (χ2v) is 7.65. The summed E-state index contributed by atoms with van der Waals surface area (Å²) in [5, 5.41) is 4.88. The molecule has 6 heteroatoms. The Morgan fingerprint density at radius 2 is 2.00 bits per heavy atom. The van der Waals surface area contributed by atoms with Gasteiger partial charge in [-0.05, 0) is 71.5 Å². The van der Waals surface area contributed by atoms with Gasteiger partial charge in [-0.25, -0.2) is 5.43 Å². The summed E-state index contributed by atoms with van der Waals surface area (Å²) >= 11 is 9.71. The summed E-state index contributed by atoms with van der Waals surface area (Å²) < 4.78 is 1.14. The lowest BCUT2D eigenvalue weighted by Gasteiger charge is -2.04. The van der Waals surface area contributed by atoms with Crippen LogP contribution in [0.25, 0.3) is 0 Å². The van der Waals surface area contributed by atoms with Crippen LogP contribution in [0.3, 0.4) is 0 Å². The van der Waals surface area contributed by atoms with Gasteiger partial charge in [0.25, 0.3) is 0 Å². The first-order valence-corrected chi connectivity index (χ1v) is 9.46. The molecule has 0 radical (unpaired) electrons. The summed E-state index contributed by atoms with van der Waals surface area (Å²) in [5.74, 6) is 0.613. The van der Waals surface area contributed by atoms with Crippen molar-refractivity contribution in [2.45, 2.75) is 18.2 Å². The van der Waals surface area contributed by atoms with Gasteiger partial charge in [-0.3, -0.25) is 4.79 Å². The monoisotopic (exact) mass is 458 g/mol. The standard InChI is InChI=1S/C17H16ClIN2OS/c1-12(13-3-2-4-15(19)11-13)20-21-17(22)9-10-23-16-7-5-14(18)6-8-16/h2-8,11H,9-10H2,1H3,(H,21,22). The van der Waals surface area contributed by atoms with Gasteiger partial charge in [0.1, 0.15) is 0 Å². The highest BCUT2D eigenvalue weighted by molar-refractivity contribution is 14.1. The van der Waals surface area contributed by atoms with Gasteiger partial charge in [-0.1, -0.05) is 23.7 Å². The van der Waals surface area contributed by atoms with E-state index in [1.165, 1.54) is 0 Å². The molecule has 0 saturated carbocycles. The molecule has 0 aliphatic heterocycles. The first-order valence-electron chi connectivity index (χ1n) is 7.02. The van der Waals surface area contributed by atoms with Crippen LogP contribution < -0.4 is 5.43 Å². The minimum atomic E-state index is -0.0866. The number of hydrazone groups is 1. The maximum atomic E-state index is 11.8. The van der Waals surface area contributed by atoms with Gasteiger partial charge in [0.05, 0.1) is 5.71 Å². The zero-order chi connectivity index (χ0) is 16.7. The quantitative estimate of drug-likeness (QED) is 0.287. The predicted octanol–water partition coefficient (Wildman–Crippen LogP) is 4.97. The topological polar surface area (TPSA) is 41.5 Å². The van der Waals surface area contributed by atoms with E-state index in [2.05, 4.69) is 33.1 Å². The third-order valence-corrected chi connectivity index (χ3v) is 4.94. The van der Waals surface area contributed by atoms with Crippen molar-refractivity contribution in [3.8, 4) is 0 Å². The van der Waals surface area contributed by atoms with Crippen molar-refractivity contribution in [2.75, 3.05) is 5.75 Å². The second kappa shape index (κ2) is 9.30. The number of hydrogen-bond acceptors (Lipinski definition) is 3. The van der Waals surface area contributed by atoms with E-state index >= 15 is 0 Å². The molecule has 0 aliphatic carbocycles. The highest BCUT2D eigenvalue weighted by atomic mass is 127. The number of nitrogens with one attached hydrogen (secondary N) is 1. The molecule has 2 aromatic rings. The first kappa shape index (κ1) is 18.3. The molecule has 0 aliphatic rings. The Morgan fingerprint density at radius 3 is 2.70 bits per heavy atom. The average Bonchev–Trinajstić information content (AvgIpc) is 2.54. The van der Waals surface area contributed by atoms with Crippen LogP contribution >= 0.6 is 46.0 Å². The van der Waals surface area contributed by atoms with Crippen molar-refractivity contribution >= 4 is 57.6 Å². The summed E-state index contributed by atoms with van der Waals surface area (Å²) in [7, 11) is 0. The van der Waals surface area contributed by atoms with Crippen LogP contribution in [0.4, 0.5) is 0 Å². The van der Waals surface area contributed by atoms with Crippen molar-refractivity contribution < 1.29 is 4.79 Å². The summed E-state index contributed by atoms with van der Waals surface area (Å²) in [6, 6.07) is 15.6. The van der Waals surface area contributed by atoms with E-state index in [1.54, 1.807) is 11.8 Å². The Kier molecular flexibility index (Phi) is 7.39. The molecular weight excluding hydrogens is 443 g/mol. The van der Waals surface area contributed by atoms with E-state index in [1.807, 2.05) is 55.5 Å². The highest BCUT2D eigenvalue weighted by Crippen LogP contribution is 2.20. The Labute approximate surface area is 159 Å². The second-order valence-electron chi connectivity index (χ2n) is 4.79. The third-order valence-electron chi connectivity index (χ3n) is 3.00. The van der Waals surface area contributed by atoms with Crippen LogP contribution in [0.5, 0.6) is 0 Å². The van der Waals surface area contributed by atoms with Crippen LogP contribution in [0.2, 0.25) is 5.02 Å². The van der Waals surface area contributed by atoms with E-state index in [4.69, 9.17) is 11.6 Å². The van der Waals surface area contributed by atoms with Crippen LogP contribution in [-0.4, -0.2) is 17.4 Å². The summed E-state index contributed by atoms with van der Waals surface area (Å²) in [6.45, 7) is 1.88. The molecule has 1 N–H and O–H groups in total. The number of benzene rings is 2. The smallest absolute Gasteiger partial charge is 0.240 e. The number of nitrogens with zero attached hydrogens (tertiary/aromatic N) is 1. The van der Waals surface area contributed by atoms with Crippen molar-refractivity contribution in [2.24, 2.45) is 5.10 Å². The first-order chi connectivity index (χ1) is 11.0. The molecule has 2 rings (SSSR count). The molecule has 0 bridgehead atoms. The van der Waals surface area contributed by atoms with E-state index in [0.717, 1.165) is 19.7 Å². The minimum absolute atomic E-state index is 0.0866. The lowest BCUT2D eigenvalue weighted by atomic mass is 10.1. The van der Waals surface area contributed by atoms with Crippen molar-refractivity contribution in [1.82, 2.24) is 5.43 Å². The third kappa shape index (κ3) is 6.53. The Hall–Kier alpha value is -1.05. The fourth-order valence-corrected chi connectivity index (χ4v) is 3.29. The molecule has 0 spiro atoms. The fourth-order valence-electron chi connectivity index (χ4n) is 1.77. The molecule has 3 nitrogen and oxygen atoms in total. The molecule has 23 heavy (non-hydrogen) atoms. The molecular formula is C17H16ClIN2OS. The molecule has 0 unspecified atom stereocenters. The van der Waals surface area contributed by atoms with Crippen LogP contribution in [0.15, 0.2) is 58.5 Å². The molecule has 1 amide bonds. The van der Waals surface area contributed by atoms with Gasteiger partial charge in [-0.15, -0.1) is 11.8 Å². The summed E-state index contributed by atoms with van der Waals surface area (Å²) in [6.07, 6.45) is 0.413. The van der Waals surface area contributed by atoms with Crippen LogP contribution in [0.1, 0.15) is 18.9 Å². The highest BCUT2D eigenvalue weighted by Gasteiger charge is 2.03. The number of thioether (sulfide) groups is 1. The van der Waals surface area contributed by atoms with Crippen molar-refractivity contribution in [3.63, 3.8) is 0 Å². The Morgan fingerprint density at radius 1 is 1.26 bits per heavy atom. The van der Waals surface area contributed by atoms with Crippen LogP contribution in [-0.2, 0) is 4.79 Å². The normalized spacial score (nSPS) is 11.3. The number of hydrogen-bond donors (Lipinski definition) is 1. The maximum Gasteiger partial charge on any atom is 0.240 e. The SMILES string of the molecule is CC(=NNC(=O)CCSc1ccc(Cl)cc1)c1cccc(I)c1. The van der Waals surface area contributed by atoms with Gasteiger partial charge in [0.2, 0.25) is 5.91 Å². The van der Waals surface area contributed by atoms with Gasteiger partial charge in [-0.2, -0.15) is 5.10 Å². The lowest BCUT2D eigenvalue weighted by molar-refractivity contribution is -0.120. The zero-order valence-corrected chi connectivity index (χ0v) is 16.3. The van der Waals surface area contributed by atoms with Gasteiger partial charge < -0.3 is 0 Å². The molecule has 0 aromatic heterocycles. The molecule has 0 atom stereocenters. The number of amides is 1. The van der Waals surface area contributed by atoms with Gasteiger partial charge >= 0.3 is 0 Å². The zero-order valence-electron chi connectivity index (χ0n) is 12.6. The van der Waals surface area contributed by atoms with Crippen molar-refractivity contribution in [1.29, 1.82) is 0 Å². The molecule has 2 aromatic carbocycles.